The topological polar surface area (TPSA) is 103 Å². The summed E-state index contributed by atoms with van der Waals surface area (Å²) in [5.41, 5.74) is 1.11. The van der Waals surface area contributed by atoms with Crippen molar-refractivity contribution in [1.82, 2.24) is 10.0 Å². The van der Waals surface area contributed by atoms with Gasteiger partial charge >= 0.3 is 0 Å². The second-order valence-electron chi connectivity index (χ2n) is 7.32. The van der Waals surface area contributed by atoms with E-state index in [0.717, 1.165) is 18.4 Å². The number of ether oxygens (including phenoxy) is 3. The van der Waals surface area contributed by atoms with E-state index in [0.29, 0.717) is 31.1 Å². The molecule has 0 saturated carbocycles. The van der Waals surface area contributed by atoms with Gasteiger partial charge in [-0.1, -0.05) is 17.7 Å². The monoisotopic (exact) mass is 482 g/mol. The van der Waals surface area contributed by atoms with Gasteiger partial charge < -0.3 is 19.5 Å². The van der Waals surface area contributed by atoms with Crippen molar-refractivity contribution in [3.05, 3.63) is 52.5 Å². The minimum absolute atomic E-state index is 0.0457. The highest BCUT2D eigenvalue weighted by Crippen LogP contribution is 2.25. The van der Waals surface area contributed by atoms with E-state index in [4.69, 9.17) is 25.8 Å². The average Bonchev–Trinajstić information content (AvgIpc) is 3.32. The van der Waals surface area contributed by atoms with Crippen LogP contribution in [-0.2, 0) is 21.2 Å². The number of benzene rings is 2. The zero-order chi connectivity index (χ0) is 23.1. The summed E-state index contributed by atoms with van der Waals surface area (Å²) in [4.78, 5) is 12.5. The van der Waals surface area contributed by atoms with Gasteiger partial charge in [0.25, 0.3) is 5.91 Å². The van der Waals surface area contributed by atoms with Crippen molar-refractivity contribution < 1.29 is 27.4 Å². The van der Waals surface area contributed by atoms with E-state index >= 15 is 0 Å². The van der Waals surface area contributed by atoms with Crippen molar-refractivity contribution in [3.63, 3.8) is 0 Å². The van der Waals surface area contributed by atoms with Gasteiger partial charge in [-0.15, -0.1) is 0 Å². The van der Waals surface area contributed by atoms with E-state index in [-0.39, 0.29) is 28.1 Å². The number of carbonyl (C=O) groups excluding carboxylic acids is 1. The van der Waals surface area contributed by atoms with Crippen LogP contribution in [0, 0.1) is 0 Å². The van der Waals surface area contributed by atoms with Crippen molar-refractivity contribution in [1.29, 1.82) is 0 Å². The Labute approximate surface area is 193 Å². The summed E-state index contributed by atoms with van der Waals surface area (Å²) in [5.74, 6) is 0.943. The zero-order valence-corrected chi connectivity index (χ0v) is 19.6. The lowest BCUT2D eigenvalue weighted by Gasteiger charge is -2.13. The second kappa shape index (κ2) is 11.0. The molecule has 0 aromatic heterocycles. The zero-order valence-electron chi connectivity index (χ0n) is 18.0. The molecule has 0 bridgehead atoms. The highest BCUT2D eigenvalue weighted by molar-refractivity contribution is 7.89. The normalized spacial score (nSPS) is 16.0. The first-order valence-electron chi connectivity index (χ1n) is 10.2. The van der Waals surface area contributed by atoms with Gasteiger partial charge in [0.2, 0.25) is 10.0 Å². The SMILES string of the molecule is COc1ccc(CCNC(=O)c2ccc(Cl)c(S(=O)(=O)NCC3CCCO3)c2)c(OC)c1. The molecule has 3 rings (SSSR count). The van der Waals surface area contributed by atoms with Crippen LogP contribution in [0.3, 0.4) is 0 Å². The lowest BCUT2D eigenvalue weighted by atomic mass is 10.1. The standard InChI is InChI=1S/C22H27ClN2O6S/c1-29-17-7-5-15(20(13-17)30-2)9-10-24-22(26)16-6-8-19(23)21(12-16)32(27,28)25-14-18-4-3-11-31-18/h5-8,12-13,18,25H,3-4,9-11,14H2,1-2H3,(H,24,26). The molecular weight excluding hydrogens is 456 g/mol. The Morgan fingerprint density at radius 1 is 1.19 bits per heavy atom. The second-order valence-corrected chi connectivity index (χ2v) is 9.46. The van der Waals surface area contributed by atoms with Crippen LogP contribution in [0.1, 0.15) is 28.8 Å². The predicted molar refractivity (Wildman–Crippen MR) is 121 cm³/mol. The van der Waals surface area contributed by atoms with Crippen molar-refractivity contribution >= 4 is 27.5 Å². The molecule has 2 aromatic rings. The number of sulfonamides is 1. The third-order valence-electron chi connectivity index (χ3n) is 5.18. The van der Waals surface area contributed by atoms with Gasteiger partial charge in [-0.3, -0.25) is 4.79 Å². The molecule has 0 radical (unpaired) electrons. The molecule has 2 aromatic carbocycles. The predicted octanol–water partition coefficient (Wildman–Crippen LogP) is 2.79. The van der Waals surface area contributed by atoms with E-state index < -0.39 is 15.9 Å². The summed E-state index contributed by atoms with van der Waals surface area (Å²) in [7, 11) is -0.738. The van der Waals surface area contributed by atoms with Crippen LogP contribution < -0.4 is 19.5 Å². The first-order valence-corrected chi connectivity index (χ1v) is 12.1. The van der Waals surface area contributed by atoms with E-state index in [1.54, 1.807) is 20.3 Å². The van der Waals surface area contributed by atoms with E-state index in [2.05, 4.69) is 10.0 Å². The number of rotatable bonds is 10. The van der Waals surface area contributed by atoms with Gasteiger partial charge in [-0.2, -0.15) is 0 Å². The Balaban J connectivity index is 1.63. The van der Waals surface area contributed by atoms with Gasteiger partial charge in [-0.05, 0) is 49.1 Å². The first kappa shape index (κ1) is 24.3. The van der Waals surface area contributed by atoms with Gasteiger partial charge in [0.05, 0.1) is 25.3 Å². The Morgan fingerprint density at radius 3 is 2.69 bits per heavy atom. The Morgan fingerprint density at radius 2 is 2.00 bits per heavy atom. The maximum Gasteiger partial charge on any atom is 0.251 e. The summed E-state index contributed by atoms with van der Waals surface area (Å²) >= 11 is 6.12. The number of amides is 1. The Hall–Kier alpha value is -2.33. The minimum atomic E-state index is -3.88. The fraction of sp³-hybridized carbons (Fsp3) is 0.409. The van der Waals surface area contributed by atoms with Crippen molar-refractivity contribution in [2.24, 2.45) is 0 Å². The van der Waals surface area contributed by atoms with Crippen molar-refractivity contribution in [2.45, 2.75) is 30.3 Å². The molecule has 0 spiro atoms. The number of hydrogen-bond acceptors (Lipinski definition) is 6. The molecular formula is C22H27ClN2O6S. The maximum absolute atomic E-state index is 12.7. The van der Waals surface area contributed by atoms with Crippen LogP contribution >= 0.6 is 11.6 Å². The smallest absolute Gasteiger partial charge is 0.251 e. The number of hydrogen-bond donors (Lipinski definition) is 2. The lowest BCUT2D eigenvalue weighted by Crippen LogP contribution is -2.32. The molecule has 1 unspecified atom stereocenters. The third kappa shape index (κ3) is 6.13. The fourth-order valence-electron chi connectivity index (χ4n) is 3.41. The minimum Gasteiger partial charge on any atom is -0.497 e. The van der Waals surface area contributed by atoms with Crippen LogP contribution in [-0.4, -0.2) is 54.3 Å². The summed E-state index contributed by atoms with van der Waals surface area (Å²) in [6.45, 7) is 1.13. The van der Waals surface area contributed by atoms with Crippen molar-refractivity contribution in [2.75, 3.05) is 33.9 Å². The largest absolute Gasteiger partial charge is 0.497 e. The summed E-state index contributed by atoms with van der Waals surface area (Å²) < 4.78 is 43.9. The lowest BCUT2D eigenvalue weighted by molar-refractivity contribution is 0.0953. The first-order chi connectivity index (χ1) is 15.3. The summed E-state index contributed by atoms with van der Waals surface area (Å²) in [6, 6.07) is 9.64. The molecule has 8 nitrogen and oxygen atoms in total. The number of nitrogens with one attached hydrogen (secondary N) is 2. The highest BCUT2D eigenvalue weighted by atomic mass is 35.5. The molecule has 1 atom stereocenters. The number of methoxy groups -OCH3 is 2. The quantitative estimate of drug-likeness (QED) is 0.539. The van der Waals surface area contributed by atoms with Gasteiger partial charge in [0.1, 0.15) is 16.4 Å². The van der Waals surface area contributed by atoms with Gasteiger partial charge in [0, 0.05) is 31.3 Å². The molecule has 1 fully saturated rings. The molecule has 0 aliphatic carbocycles. The van der Waals surface area contributed by atoms with E-state index in [9.17, 15) is 13.2 Å². The van der Waals surface area contributed by atoms with Gasteiger partial charge in [0.15, 0.2) is 0 Å². The molecule has 32 heavy (non-hydrogen) atoms. The third-order valence-corrected chi connectivity index (χ3v) is 7.09. The number of carbonyl (C=O) groups is 1. The van der Waals surface area contributed by atoms with Crippen LogP contribution in [0.15, 0.2) is 41.3 Å². The molecule has 2 N–H and O–H groups in total. The molecule has 1 aliphatic heterocycles. The maximum atomic E-state index is 12.7. The van der Waals surface area contributed by atoms with E-state index in [1.807, 2.05) is 12.1 Å². The molecule has 1 heterocycles. The Bertz CT molecular complexity index is 1050. The molecule has 10 heteroatoms. The van der Waals surface area contributed by atoms with Crippen LogP contribution in [0.2, 0.25) is 5.02 Å². The van der Waals surface area contributed by atoms with Gasteiger partial charge in [-0.25, -0.2) is 13.1 Å². The summed E-state index contributed by atoms with van der Waals surface area (Å²) in [5, 5.41) is 2.84. The number of halogens is 1. The fourth-order valence-corrected chi connectivity index (χ4v) is 5.00. The molecule has 1 amide bonds. The Kier molecular flexibility index (Phi) is 8.36. The average molecular weight is 483 g/mol. The summed E-state index contributed by atoms with van der Waals surface area (Å²) in [6.07, 6.45) is 2.09. The highest BCUT2D eigenvalue weighted by Gasteiger charge is 2.23. The molecule has 1 saturated heterocycles. The van der Waals surface area contributed by atoms with Crippen LogP contribution in [0.5, 0.6) is 11.5 Å². The van der Waals surface area contributed by atoms with E-state index in [1.165, 1.54) is 18.2 Å². The van der Waals surface area contributed by atoms with Crippen LogP contribution in [0.4, 0.5) is 0 Å². The van der Waals surface area contributed by atoms with Crippen molar-refractivity contribution in [3.8, 4) is 11.5 Å². The van der Waals surface area contributed by atoms with Crippen LogP contribution in [0.25, 0.3) is 0 Å². The molecule has 174 valence electrons. The molecule has 1 aliphatic rings.